The minimum atomic E-state index is 0.287. The Morgan fingerprint density at radius 3 is 2.69 bits per heavy atom. The van der Waals surface area contributed by atoms with E-state index in [4.69, 9.17) is 4.74 Å². The third-order valence-electron chi connectivity index (χ3n) is 2.62. The molecule has 0 radical (unpaired) electrons. The Bertz CT molecular complexity index is 261. The van der Waals surface area contributed by atoms with Crippen LogP contribution in [0.15, 0.2) is 17.5 Å². The lowest BCUT2D eigenvalue weighted by Gasteiger charge is -2.26. The molecular weight excluding hydrogens is 218 g/mol. The molecule has 2 nitrogen and oxygen atoms in total. The van der Waals surface area contributed by atoms with Gasteiger partial charge in [-0.2, -0.15) is 0 Å². The van der Waals surface area contributed by atoms with Crippen LogP contribution in [0, 0.1) is 0 Å². The number of hydrogen-bond donors (Lipinski definition) is 1. The average Bonchev–Trinajstić information content (AvgIpc) is 2.81. The van der Waals surface area contributed by atoms with Gasteiger partial charge in [0.05, 0.1) is 12.1 Å². The molecule has 0 fully saturated rings. The zero-order chi connectivity index (χ0) is 11.8. The summed E-state index contributed by atoms with van der Waals surface area (Å²) in [5, 5.41) is 5.73. The van der Waals surface area contributed by atoms with E-state index in [1.54, 1.807) is 0 Å². The number of thiophene rings is 1. The molecule has 0 saturated carbocycles. The topological polar surface area (TPSA) is 21.3 Å². The summed E-state index contributed by atoms with van der Waals surface area (Å²) in [5.41, 5.74) is 0. The van der Waals surface area contributed by atoms with Gasteiger partial charge in [-0.15, -0.1) is 11.3 Å². The van der Waals surface area contributed by atoms with Crippen LogP contribution in [-0.4, -0.2) is 19.3 Å². The first-order valence-electron chi connectivity index (χ1n) is 6.21. The number of nitrogens with one attached hydrogen (secondary N) is 1. The van der Waals surface area contributed by atoms with Crippen LogP contribution in [0.25, 0.3) is 0 Å². The summed E-state index contributed by atoms with van der Waals surface area (Å²) in [6, 6.07) is 4.66. The van der Waals surface area contributed by atoms with Crippen molar-refractivity contribution in [3.8, 4) is 0 Å². The molecule has 0 bridgehead atoms. The Hall–Kier alpha value is -0.380. The molecule has 0 spiro atoms. The molecule has 1 heterocycles. The fourth-order valence-corrected chi connectivity index (χ4v) is 2.70. The molecule has 0 saturated heterocycles. The van der Waals surface area contributed by atoms with Crippen molar-refractivity contribution in [3.63, 3.8) is 0 Å². The van der Waals surface area contributed by atoms with Crippen LogP contribution < -0.4 is 5.32 Å². The Labute approximate surface area is 103 Å². The van der Waals surface area contributed by atoms with Crippen molar-refractivity contribution in [2.45, 2.75) is 45.8 Å². The van der Waals surface area contributed by atoms with E-state index in [0.29, 0.717) is 6.04 Å². The molecule has 16 heavy (non-hydrogen) atoms. The second-order valence-corrected chi connectivity index (χ2v) is 4.83. The minimum Gasteiger partial charge on any atom is -0.377 e. The smallest absolute Gasteiger partial charge is 0.0774 e. The third kappa shape index (κ3) is 3.89. The Balaban J connectivity index is 2.68. The molecule has 1 rings (SSSR count). The van der Waals surface area contributed by atoms with E-state index in [2.05, 4.69) is 43.6 Å². The van der Waals surface area contributed by atoms with Crippen molar-refractivity contribution < 1.29 is 4.74 Å². The van der Waals surface area contributed by atoms with Crippen LogP contribution in [0.4, 0.5) is 0 Å². The van der Waals surface area contributed by atoms with Gasteiger partial charge in [0.2, 0.25) is 0 Å². The van der Waals surface area contributed by atoms with Crippen LogP contribution >= 0.6 is 11.3 Å². The van der Waals surface area contributed by atoms with Crippen molar-refractivity contribution in [1.82, 2.24) is 5.32 Å². The lowest BCUT2D eigenvalue weighted by molar-refractivity contribution is 0.0323. The van der Waals surface area contributed by atoms with Gasteiger partial charge in [-0.1, -0.05) is 19.9 Å². The second kappa shape index (κ2) is 7.82. The molecule has 0 aromatic carbocycles. The van der Waals surface area contributed by atoms with Crippen LogP contribution in [-0.2, 0) is 4.74 Å². The standard InChI is InChI=1S/C13H23NOS/c1-4-9-14-13(11(5-2)15-6-3)12-8-7-10-16-12/h7-8,10-11,13-14H,4-6,9H2,1-3H3. The minimum absolute atomic E-state index is 0.287. The first-order valence-corrected chi connectivity index (χ1v) is 7.09. The van der Waals surface area contributed by atoms with Gasteiger partial charge in [0, 0.05) is 11.5 Å². The van der Waals surface area contributed by atoms with E-state index >= 15 is 0 Å². The molecule has 1 aromatic heterocycles. The van der Waals surface area contributed by atoms with Crippen molar-refractivity contribution >= 4 is 11.3 Å². The predicted octanol–water partition coefficient (Wildman–Crippen LogP) is 3.60. The van der Waals surface area contributed by atoms with Gasteiger partial charge in [-0.25, -0.2) is 0 Å². The van der Waals surface area contributed by atoms with Gasteiger partial charge in [-0.05, 0) is 37.8 Å². The Kier molecular flexibility index (Phi) is 6.69. The van der Waals surface area contributed by atoms with Gasteiger partial charge in [0.25, 0.3) is 0 Å². The molecule has 0 aliphatic rings. The first-order chi connectivity index (χ1) is 7.83. The van der Waals surface area contributed by atoms with E-state index in [9.17, 15) is 0 Å². The summed E-state index contributed by atoms with van der Waals surface area (Å²) in [6.45, 7) is 8.28. The zero-order valence-corrected chi connectivity index (χ0v) is 11.3. The van der Waals surface area contributed by atoms with E-state index in [1.165, 1.54) is 4.88 Å². The van der Waals surface area contributed by atoms with Gasteiger partial charge in [0.1, 0.15) is 0 Å². The Morgan fingerprint density at radius 2 is 2.19 bits per heavy atom. The van der Waals surface area contributed by atoms with E-state index in [-0.39, 0.29) is 6.10 Å². The molecule has 0 aliphatic heterocycles. The third-order valence-corrected chi connectivity index (χ3v) is 3.57. The van der Waals surface area contributed by atoms with Gasteiger partial charge in [0.15, 0.2) is 0 Å². The van der Waals surface area contributed by atoms with Crippen LogP contribution in [0.3, 0.4) is 0 Å². The molecule has 1 aromatic rings. The van der Waals surface area contributed by atoms with Gasteiger partial charge in [-0.3, -0.25) is 0 Å². The van der Waals surface area contributed by atoms with Crippen LogP contribution in [0.5, 0.6) is 0 Å². The lowest BCUT2D eigenvalue weighted by atomic mass is 10.1. The number of rotatable bonds is 8. The van der Waals surface area contributed by atoms with Crippen molar-refractivity contribution in [3.05, 3.63) is 22.4 Å². The quantitative estimate of drug-likeness (QED) is 0.751. The van der Waals surface area contributed by atoms with Crippen molar-refractivity contribution in [1.29, 1.82) is 0 Å². The fraction of sp³-hybridized carbons (Fsp3) is 0.692. The number of ether oxygens (including phenoxy) is 1. The highest BCUT2D eigenvalue weighted by Gasteiger charge is 2.22. The Morgan fingerprint density at radius 1 is 1.38 bits per heavy atom. The maximum atomic E-state index is 5.82. The van der Waals surface area contributed by atoms with E-state index in [1.807, 2.05) is 11.3 Å². The van der Waals surface area contributed by atoms with Gasteiger partial charge >= 0.3 is 0 Å². The van der Waals surface area contributed by atoms with Crippen LogP contribution in [0.2, 0.25) is 0 Å². The maximum absolute atomic E-state index is 5.82. The second-order valence-electron chi connectivity index (χ2n) is 3.85. The summed E-state index contributed by atoms with van der Waals surface area (Å²) in [5.74, 6) is 0. The summed E-state index contributed by atoms with van der Waals surface area (Å²) in [7, 11) is 0. The molecule has 0 aliphatic carbocycles. The molecule has 1 N–H and O–H groups in total. The van der Waals surface area contributed by atoms with Gasteiger partial charge < -0.3 is 10.1 Å². The monoisotopic (exact) mass is 241 g/mol. The highest BCUT2D eigenvalue weighted by atomic mass is 32.1. The molecule has 2 unspecified atom stereocenters. The van der Waals surface area contributed by atoms with Crippen molar-refractivity contribution in [2.75, 3.05) is 13.2 Å². The lowest BCUT2D eigenvalue weighted by Crippen LogP contribution is -2.33. The summed E-state index contributed by atoms with van der Waals surface area (Å²) in [6.07, 6.45) is 2.49. The van der Waals surface area contributed by atoms with Crippen molar-refractivity contribution in [2.24, 2.45) is 0 Å². The molecular formula is C13H23NOS. The summed E-state index contributed by atoms with van der Waals surface area (Å²) < 4.78 is 5.82. The normalized spacial score (nSPS) is 14.9. The molecule has 92 valence electrons. The maximum Gasteiger partial charge on any atom is 0.0774 e. The highest BCUT2D eigenvalue weighted by molar-refractivity contribution is 7.10. The summed E-state index contributed by atoms with van der Waals surface area (Å²) >= 11 is 1.81. The average molecular weight is 241 g/mol. The fourth-order valence-electron chi connectivity index (χ4n) is 1.85. The SMILES string of the molecule is CCCNC(c1cccs1)C(CC)OCC. The largest absolute Gasteiger partial charge is 0.377 e. The van der Waals surface area contributed by atoms with E-state index < -0.39 is 0 Å². The number of hydrogen-bond acceptors (Lipinski definition) is 3. The molecule has 2 atom stereocenters. The summed E-state index contributed by atoms with van der Waals surface area (Å²) in [4.78, 5) is 1.38. The highest BCUT2D eigenvalue weighted by Crippen LogP contribution is 2.25. The predicted molar refractivity (Wildman–Crippen MR) is 71.1 cm³/mol. The molecule has 3 heteroatoms. The van der Waals surface area contributed by atoms with E-state index in [0.717, 1.165) is 26.0 Å². The molecule has 0 amide bonds. The van der Waals surface area contributed by atoms with Crippen LogP contribution in [0.1, 0.15) is 44.5 Å². The zero-order valence-electron chi connectivity index (χ0n) is 10.5. The first kappa shape index (κ1) is 13.7.